The minimum atomic E-state index is -0.579. The second-order valence-electron chi connectivity index (χ2n) is 3.87. The molecule has 0 amide bonds. The zero-order chi connectivity index (χ0) is 10.5. The lowest BCUT2D eigenvalue weighted by molar-refractivity contribution is -0.148. The van der Waals surface area contributed by atoms with E-state index in [2.05, 4.69) is 0 Å². The van der Waals surface area contributed by atoms with Crippen molar-refractivity contribution in [2.45, 2.75) is 53.1 Å². The average Bonchev–Trinajstić information content (AvgIpc) is 2.04. The monoisotopic (exact) mass is 186 g/mol. The summed E-state index contributed by atoms with van der Waals surface area (Å²) in [6, 6.07) is 0. The zero-order valence-corrected chi connectivity index (χ0v) is 9.52. The Morgan fingerprint density at radius 3 is 2.23 bits per heavy atom. The Bertz CT molecular complexity index is 163. The van der Waals surface area contributed by atoms with Crippen LogP contribution in [-0.4, -0.2) is 18.0 Å². The van der Waals surface area contributed by atoms with Crippen molar-refractivity contribution in [1.29, 1.82) is 0 Å². The van der Waals surface area contributed by atoms with Gasteiger partial charge in [-0.1, -0.05) is 20.8 Å². The van der Waals surface area contributed by atoms with Crippen LogP contribution in [0.25, 0.3) is 0 Å². The molecule has 0 saturated carbocycles. The number of hydrogen-bond donors (Lipinski definition) is 0. The van der Waals surface area contributed by atoms with Crippen LogP contribution in [0.1, 0.15) is 47.5 Å². The topological polar surface area (TPSA) is 26.3 Å². The summed E-state index contributed by atoms with van der Waals surface area (Å²) < 4.78 is 5.56. The Balaban J connectivity index is 4.47. The largest absolute Gasteiger partial charge is 0.368 e. The Hall–Kier alpha value is -0.370. The first-order valence-electron chi connectivity index (χ1n) is 5.16. The normalized spacial score (nSPS) is 15.8. The van der Waals surface area contributed by atoms with Gasteiger partial charge in [0.2, 0.25) is 0 Å². The summed E-state index contributed by atoms with van der Waals surface area (Å²) >= 11 is 0. The van der Waals surface area contributed by atoms with Crippen molar-refractivity contribution >= 4 is 5.78 Å². The molecule has 0 aromatic carbocycles. The van der Waals surface area contributed by atoms with E-state index in [1.807, 2.05) is 34.6 Å². The molecule has 0 aliphatic carbocycles. The molecular weight excluding hydrogens is 164 g/mol. The van der Waals surface area contributed by atoms with Crippen LogP contribution in [0.4, 0.5) is 0 Å². The smallest absolute Gasteiger partial charge is 0.164 e. The van der Waals surface area contributed by atoms with Crippen molar-refractivity contribution in [3.63, 3.8) is 0 Å². The number of hydrogen-bond acceptors (Lipinski definition) is 2. The highest BCUT2D eigenvalue weighted by atomic mass is 16.5. The summed E-state index contributed by atoms with van der Waals surface area (Å²) in [5.41, 5.74) is -0.579. The Morgan fingerprint density at radius 2 is 1.92 bits per heavy atom. The van der Waals surface area contributed by atoms with Gasteiger partial charge in [0.05, 0.1) is 0 Å². The molecule has 0 aliphatic heterocycles. The van der Waals surface area contributed by atoms with Gasteiger partial charge in [-0.3, -0.25) is 4.79 Å². The number of ether oxygens (including phenoxy) is 1. The molecule has 0 spiro atoms. The molecule has 2 nitrogen and oxygen atoms in total. The fourth-order valence-corrected chi connectivity index (χ4v) is 1.34. The quantitative estimate of drug-likeness (QED) is 0.637. The van der Waals surface area contributed by atoms with Crippen LogP contribution < -0.4 is 0 Å². The number of rotatable bonds is 6. The number of Topliss-reactive ketones (excluding diaryl/α,β-unsaturated/α-hetero) is 1. The van der Waals surface area contributed by atoms with Crippen LogP contribution in [0.2, 0.25) is 0 Å². The minimum absolute atomic E-state index is 0.229. The molecule has 1 atom stereocenters. The van der Waals surface area contributed by atoms with Crippen molar-refractivity contribution in [1.82, 2.24) is 0 Å². The Morgan fingerprint density at radius 1 is 1.38 bits per heavy atom. The van der Waals surface area contributed by atoms with E-state index >= 15 is 0 Å². The fraction of sp³-hybridized carbons (Fsp3) is 0.909. The van der Waals surface area contributed by atoms with Gasteiger partial charge < -0.3 is 4.74 Å². The molecule has 0 N–H and O–H groups in total. The first-order chi connectivity index (χ1) is 5.99. The highest BCUT2D eigenvalue weighted by Crippen LogP contribution is 2.24. The predicted octanol–water partition coefficient (Wildman–Crippen LogP) is 2.81. The molecule has 0 aliphatic rings. The van der Waals surface area contributed by atoms with Crippen molar-refractivity contribution in [2.24, 2.45) is 5.92 Å². The van der Waals surface area contributed by atoms with Crippen molar-refractivity contribution in [3.8, 4) is 0 Å². The number of carbonyl (C=O) groups is 1. The van der Waals surface area contributed by atoms with E-state index < -0.39 is 5.60 Å². The molecule has 0 heterocycles. The maximum atomic E-state index is 11.8. The van der Waals surface area contributed by atoms with E-state index in [9.17, 15) is 4.79 Å². The Kier molecular flexibility index (Phi) is 5.23. The van der Waals surface area contributed by atoms with E-state index in [4.69, 9.17) is 4.74 Å². The lowest BCUT2D eigenvalue weighted by Crippen LogP contribution is -2.43. The van der Waals surface area contributed by atoms with Crippen LogP contribution >= 0.6 is 0 Å². The van der Waals surface area contributed by atoms with Gasteiger partial charge >= 0.3 is 0 Å². The maximum Gasteiger partial charge on any atom is 0.164 e. The van der Waals surface area contributed by atoms with Gasteiger partial charge in [-0.15, -0.1) is 0 Å². The maximum absolute atomic E-state index is 11.8. The molecular formula is C11H22O2. The van der Waals surface area contributed by atoms with Gasteiger partial charge in [-0.05, 0) is 26.2 Å². The third kappa shape index (κ3) is 3.11. The highest BCUT2D eigenvalue weighted by Gasteiger charge is 2.35. The average molecular weight is 186 g/mol. The lowest BCUT2D eigenvalue weighted by atomic mass is 9.86. The predicted molar refractivity (Wildman–Crippen MR) is 54.8 cm³/mol. The molecule has 0 aromatic rings. The summed E-state index contributed by atoms with van der Waals surface area (Å²) in [4.78, 5) is 11.8. The zero-order valence-electron chi connectivity index (χ0n) is 9.52. The molecule has 1 unspecified atom stereocenters. The summed E-state index contributed by atoms with van der Waals surface area (Å²) in [7, 11) is 0. The molecule has 2 heteroatoms. The minimum Gasteiger partial charge on any atom is -0.368 e. The van der Waals surface area contributed by atoms with E-state index in [1.165, 1.54) is 0 Å². The van der Waals surface area contributed by atoms with Crippen LogP contribution in [0, 0.1) is 5.92 Å². The van der Waals surface area contributed by atoms with E-state index in [1.54, 1.807) is 0 Å². The number of carbonyl (C=O) groups excluding carboxylic acids is 1. The third-order valence-electron chi connectivity index (χ3n) is 2.58. The Labute approximate surface area is 81.7 Å². The fourth-order valence-electron chi connectivity index (χ4n) is 1.34. The highest BCUT2D eigenvalue weighted by molar-refractivity contribution is 5.87. The molecule has 13 heavy (non-hydrogen) atoms. The van der Waals surface area contributed by atoms with Crippen molar-refractivity contribution < 1.29 is 9.53 Å². The summed E-state index contributed by atoms with van der Waals surface area (Å²) in [5, 5.41) is 0. The molecule has 0 aromatic heterocycles. The number of ketones is 1. The van der Waals surface area contributed by atoms with Crippen LogP contribution in [0.5, 0.6) is 0 Å². The van der Waals surface area contributed by atoms with Gasteiger partial charge in [-0.25, -0.2) is 0 Å². The molecule has 0 radical (unpaired) electrons. The standard InChI is InChI=1S/C11H22O2/c1-6-8-10(12)11(5,9(3)4)13-7-2/h9H,6-8H2,1-5H3. The molecule has 0 saturated heterocycles. The van der Waals surface area contributed by atoms with Crippen LogP contribution in [0.3, 0.4) is 0 Å². The van der Waals surface area contributed by atoms with E-state index in [-0.39, 0.29) is 11.7 Å². The van der Waals surface area contributed by atoms with Gasteiger partial charge in [0.15, 0.2) is 5.78 Å². The lowest BCUT2D eigenvalue weighted by Gasteiger charge is -2.31. The van der Waals surface area contributed by atoms with Crippen molar-refractivity contribution in [2.75, 3.05) is 6.61 Å². The molecule has 78 valence electrons. The van der Waals surface area contributed by atoms with Crippen LogP contribution in [-0.2, 0) is 9.53 Å². The SMILES string of the molecule is CCCC(=O)C(C)(OCC)C(C)C. The third-order valence-corrected chi connectivity index (χ3v) is 2.58. The molecule has 0 bridgehead atoms. The first-order valence-corrected chi connectivity index (χ1v) is 5.16. The van der Waals surface area contributed by atoms with Gasteiger partial charge in [0, 0.05) is 13.0 Å². The molecule has 0 rings (SSSR count). The summed E-state index contributed by atoms with van der Waals surface area (Å²) in [6.45, 7) is 10.5. The van der Waals surface area contributed by atoms with Gasteiger partial charge in [0.1, 0.15) is 5.60 Å². The van der Waals surface area contributed by atoms with E-state index in [0.29, 0.717) is 13.0 Å². The summed E-state index contributed by atoms with van der Waals surface area (Å²) in [5.74, 6) is 0.471. The second-order valence-corrected chi connectivity index (χ2v) is 3.87. The van der Waals surface area contributed by atoms with Gasteiger partial charge in [0.25, 0.3) is 0 Å². The first kappa shape index (κ1) is 12.6. The summed E-state index contributed by atoms with van der Waals surface area (Å²) in [6.07, 6.45) is 1.52. The molecule has 0 fully saturated rings. The van der Waals surface area contributed by atoms with Crippen molar-refractivity contribution in [3.05, 3.63) is 0 Å². The van der Waals surface area contributed by atoms with Crippen LogP contribution in [0.15, 0.2) is 0 Å². The van der Waals surface area contributed by atoms with Gasteiger partial charge in [-0.2, -0.15) is 0 Å². The van der Waals surface area contributed by atoms with E-state index in [0.717, 1.165) is 6.42 Å². The second kappa shape index (κ2) is 5.38.